The first-order valence-corrected chi connectivity index (χ1v) is 7.41. The van der Waals surface area contributed by atoms with Gasteiger partial charge in [-0.1, -0.05) is 11.6 Å². The van der Waals surface area contributed by atoms with E-state index in [0.29, 0.717) is 12.6 Å². The maximum atomic E-state index is 9.21. The van der Waals surface area contributed by atoms with Gasteiger partial charge in [0.1, 0.15) is 5.60 Å². The zero-order valence-corrected chi connectivity index (χ0v) is 11.8. The molecular formula is C13H15ClN2OS. The topological polar surface area (TPSA) is 45.0 Å². The van der Waals surface area contributed by atoms with E-state index in [2.05, 4.69) is 18.3 Å². The van der Waals surface area contributed by atoms with Gasteiger partial charge in [0.2, 0.25) is 0 Å². The lowest BCUT2D eigenvalue weighted by atomic mass is 9.81. The zero-order chi connectivity index (χ0) is 12.8. The summed E-state index contributed by atoms with van der Waals surface area (Å²) in [6.07, 6.45) is 1.91. The lowest BCUT2D eigenvalue weighted by Crippen LogP contribution is -2.48. The van der Waals surface area contributed by atoms with E-state index >= 15 is 0 Å². The van der Waals surface area contributed by atoms with Crippen LogP contribution in [0.15, 0.2) is 6.07 Å². The van der Waals surface area contributed by atoms with Crippen LogP contribution in [-0.4, -0.2) is 19.2 Å². The monoisotopic (exact) mass is 282 g/mol. The first-order valence-electron chi connectivity index (χ1n) is 6.21. The predicted octanol–water partition coefficient (Wildman–Crippen LogP) is 3.01. The number of nitriles is 1. The van der Waals surface area contributed by atoms with Gasteiger partial charge in [-0.15, -0.1) is 11.3 Å². The minimum Gasteiger partial charge on any atom is -0.368 e. The Kier molecular flexibility index (Phi) is 3.11. The van der Waals surface area contributed by atoms with Gasteiger partial charge in [-0.2, -0.15) is 5.26 Å². The summed E-state index contributed by atoms with van der Waals surface area (Å²) < 4.78 is 6.87. The van der Waals surface area contributed by atoms with Crippen LogP contribution in [0, 0.1) is 11.3 Å². The maximum absolute atomic E-state index is 9.21. The van der Waals surface area contributed by atoms with Gasteiger partial charge in [-0.3, -0.25) is 0 Å². The fourth-order valence-corrected chi connectivity index (χ4v) is 4.50. The van der Waals surface area contributed by atoms with E-state index in [1.165, 1.54) is 4.88 Å². The summed E-state index contributed by atoms with van der Waals surface area (Å²) in [6, 6.07) is 4.70. The molecule has 3 nitrogen and oxygen atoms in total. The van der Waals surface area contributed by atoms with Gasteiger partial charge in [0, 0.05) is 10.9 Å². The second kappa shape index (κ2) is 4.50. The Morgan fingerprint density at radius 2 is 2.50 bits per heavy atom. The van der Waals surface area contributed by atoms with Crippen LogP contribution in [0.4, 0.5) is 0 Å². The van der Waals surface area contributed by atoms with Crippen molar-refractivity contribution in [2.24, 2.45) is 0 Å². The molecule has 0 amide bonds. The molecule has 1 fully saturated rings. The molecule has 0 saturated carbocycles. The van der Waals surface area contributed by atoms with Crippen LogP contribution in [0.25, 0.3) is 0 Å². The molecule has 2 aliphatic rings. The number of nitrogens with zero attached hydrogens (tertiary/aromatic N) is 1. The zero-order valence-electron chi connectivity index (χ0n) is 10.2. The third-order valence-corrected chi connectivity index (χ3v) is 5.32. The molecule has 1 N–H and O–H groups in total. The van der Waals surface area contributed by atoms with Gasteiger partial charge in [0.05, 0.1) is 22.9 Å². The van der Waals surface area contributed by atoms with E-state index < -0.39 is 0 Å². The van der Waals surface area contributed by atoms with Crippen LogP contribution < -0.4 is 5.32 Å². The Hall–Kier alpha value is -0.600. The molecule has 0 radical (unpaired) electrons. The van der Waals surface area contributed by atoms with Crippen LogP contribution in [0.1, 0.15) is 36.1 Å². The molecule has 1 aromatic rings. The fraction of sp³-hybridized carbons (Fsp3) is 0.615. The summed E-state index contributed by atoms with van der Waals surface area (Å²) in [5.74, 6) is -0.167. The van der Waals surface area contributed by atoms with Crippen molar-refractivity contribution in [1.82, 2.24) is 5.32 Å². The second-order valence-corrected chi connectivity index (χ2v) is 6.81. The number of piperidine rings is 1. The average molecular weight is 283 g/mol. The highest BCUT2D eigenvalue weighted by molar-refractivity contribution is 7.16. The molecule has 1 saturated heterocycles. The van der Waals surface area contributed by atoms with Crippen molar-refractivity contribution in [3.63, 3.8) is 0 Å². The molecule has 3 heterocycles. The highest BCUT2D eigenvalue weighted by Gasteiger charge is 2.45. The first kappa shape index (κ1) is 12.4. The molecule has 5 heteroatoms. The minimum absolute atomic E-state index is 0.167. The number of hydrogen-bond donors (Lipinski definition) is 1. The summed E-state index contributed by atoms with van der Waals surface area (Å²) in [5, 5.41) is 12.6. The lowest BCUT2D eigenvalue weighted by molar-refractivity contribution is -0.0885. The summed E-state index contributed by atoms with van der Waals surface area (Å²) in [7, 11) is 0. The van der Waals surface area contributed by atoms with E-state index in [9.17, 15) is 5.26 Å². The van der Waals surface area contributed by atoms with Crippen molar-refractivity contribution >= 4 is 22.9 Å². The van der Waals surface area contributed by atoms with Crippen LogP contribution >= 0.6 is 22.9 Å². The highest BCUT2D eigenvalue weighted by atomic mass is 35.5. The van der Waals surface area contributed by atoms with Gasteiger partial charge >= 0.3 is 0 Å². The van der Waals surface area contributed by atoms with Gasteiger partial charge in [0.15, 0.2) is 0 Å². The van der Waals surface area contributed by atoms with Gasteiger partial charge in [-0.05, 0) is 37.9 Å². The van der Waals surface area contributed by atoms with Crippen LogP contribution in [0.5, 0.6) is 0 Å². The number of thiophene rings is 1. The predicted molar refractivity (Wildman–Crippen MR) is 72.0 cm³/mol. The molecule has 96 valence electrons. The smallest absolute Gasteiger partial charge is 0.105 e. The Morgan fingerprint density at radius 3 is 3.22 bits per heavy atom. The molecule has 0 aromatic carbocycles. The number of hydrogen-bond acceptors (Lipinski definition) is 4. The number of rotatable bonds is 0. The molecule has 3 atom stereocenters. The van der Waals surface area contributed by atoms with Crippen molar-refractivity contribution < 1.29 is 4.74 Å². The standard InChI is InChI=1S/C13H15ClN2OS/c1-8-5-13(2-3-16-8)12-10(4-11(14)18-12)9(6-15)7-17-13/h4,8-9,16H,2-3,5,7H2,1H3/t8-,9?,13?/m0/s1. The number of ether oxygens (including phenoxy) is 1. The third-order valence-electron chi connectivity index (χ3n) is 3.86. The van der Waals surface area contributed by atoms with Crippen molar-refractivity contribution in [3.05, 3.63) is 20.8 Å². The van der Waals surface area contributed by atoms with Crippen molar-refractivity contribution in [2.75, 3.05) is 13.2 Å². The Morgan fingerprint density at radius 1 is 1.67 bits per heavy atom. The van der Waals surface area contributed by atoms with Gasteiger partial charge in [0.25, 0.3) is 0 Å². The Bertz CT molecular complexity index is 510. The second-order valence-electron chi connectivity index (χ2n) is 5.13. The van der Waals surface area contributed by atoms with E-state index in [1.54, 1.807) is 11.3 Å². The van der Waals surface area contributed by atoms with Crippen LogP contribution in [0.3, 0.4) is 0 Å². The third kappa shape index (κ3) is 1.86. The van der Waals surface area contributed by atoms with Gasteiger partial charge < -0.3 is 10.1 Å². The summed E-state index contributed by atoms with van der Waals surface area (Å²) in [5.41, 5.74) is 0.873. The largest absolute Gasteiger partial charge is 0.368 e. The molecule has 2 aliphatic heterocycles. The highest BCUT2D eigenvalue weighted by Crippen LogP contribution is 2.49. The minimum atomic E-state index is -0.217. The average Bonchev–Trinajstić information content (AvgIpc) is 2.73. The molecule has 1 aromatic heterocycles. The SMILES string of the molecule is C[C@H]1CC2(CCN1)OCC(C#N)c1cc(Cl)sc12. The summed E-state index contributed by atoms with van der Waals surface area (Å²) >= 11 is 7.73. The van der Waals surface area contributed by atoms with E-state index in [0.717, 1.165) is 29.3 Å². The van der Waals surface area contributed by atoms with E-state index in [4.69, 9.17) is 16.3 Å². The molecule has 0 aliphatic carbocycles. The molecular weight excluding hydrogens is 268 g/mol. The Balaban J connectivity index is 2.06. The quantitative estimate of drug-likeness (QED) is 0.796. The van der Waals surface area contributed by atoms with Crippen molar-refractivity contribution in [2.45, 2.75) is 37.3 Å². The molecule has 0 bridgehead atoms. The van der Waals surface area contributed by atoms with Crippen LogP contribution in [-0.2, 0) is 10.3 Å². The normalized spacial score (nSPS) is 35.2. The van der Waals surface area contributed by atoms with Gasteiger partial charge in [-0.25, -0.2) is 0 Å². The van der Waals surface area contributed by atoms with E-state index in [-0.39, 0.29) is 11.5 Å². The molecule has 3 rings (SSSR count). The fourth-order valence-electron chi connectivity index (χ4n) is 3.02. The lowest BCUT2D eigenvalue weighted by Gasteiger charge is -2.43. The van der Waals surface area contributed by atoms with Crippen LogP contribution in [0.2, 0.25) is 4.34 Å². The molecule has 18 heavy (non-hydrogen) atoms. The summed E-state index contributed by atoms with van der Waals surface area (Å²) in [6.45, 7) is 3.62. The molecule has 2 unspecified atom stereocenters. The Labute approximate surface area is 116 Å². The molecule has 1 spiro atoms. The number of halogens is 1. The maximum Gasteiger partial charge on any atom is 0.105 e. The summed E-state index contributed by atoms with van der Waals surface area (Å²) in [4.78, 5) is 1.18. The number of fused-ring (bicyclic) bond motifs is 2. The first-order chi connectivity index (χ1) is 8.64. The van der Waals surface area contributed by atoms with Crippen molar-refractivity contribution in [1.29, 1.82) is 5.26 Å². The van der Waals surface area contributed by atoms with E-state index in [1.807, 2.05) is 6.07 Å². The number of nitrogens with one attached hydrogen (secondary N) is 1. The van der Waals surface area contributed by atoms with Crippen molar-refractivity contribution in [3.8, 4) is 6.07 Å².